The smallest absolute Gasteiger partial charge is 0.206 e. The van der Waals surface area contributed by atoms with Crippen molar-refractivity contribution >= 4 is 17.6 Å². The third-order valence-electron chi connectivity index (χ3n) is 4.91. The van der Waals surface area contributed by atoms with Crippen molar-refractivity contribution in [3.63, 3.8) is 0 Å². The van der Waals surface area contributed by atoms with E-state index in [0.717, 1.165) is 10.5 Å². The maximum Gasteiger partial charge on any atom is 0.206 e. The zero-order chi connectivity index (χ0) is 17.4. The van der Waals surface area contributed by atoms with E-state index in [1.54, 1.807) is 16.8 Å². The molecule has 0 saturated heterocycles. The van der Waals surface area contributed by atoms with Crippen LogP contribution < -0.4 is 4.80 Å². The van der Waals surface area contributed by atoms with Crippen molar-refractivity contribution in [1.29, 1.82) is 0 Å². The average Bonchev–Trinajstić information content (AvgIpc) is 3.29. The summed E-state index contributed by atoms with van der Waals surface area (Å²) in [5.41, 5.74) is 1.33. The molecule has 1 saturated carbocycles. The molecule has 4 rings (SSSR count). The minimum Gasteiger partial charge on any atom is -0.255 e. The Morgan fingerprint density at radius 3 is 2.76 bits per heavy atom. The fourth-order valence-corrected chi connectivity index (χ4v) is 4.68. The van der Waals surface area contributed by atoms with E-state index in [-0.39, 0.29) is 11.9 Å². The molecule has 0 aliphatic heterocycles. The maximum absolute atomic E-state index is 14.3. The van der Waals surface area contributed by atoms with Gasteiger partial charge in [-0.2, -0.15) is 5.10 Å². The SMILES string of the molecule is CC(C)N=c1scc(-c2ccccc2F)n1N=CC1CC2C=CC1C2. The Labute approximate surface area is 151 Å². The summed E-state index contributed by atoms with van der Waals surface area (Å²) in [6.45, 7) is 4.08. The first-order valence-corrected chi connectivity index (χ1v) is 9.72. The number of halogens is 1. The summed E-state index contributed by atoms with van der Waals surface area (Å²) >= 11 is 1.51. The van der Waals surface area contributed by atoms with Gasteiger partial charge in [0.15, 0.2) is 0 Å². The van der Waals surface area contributed by atoms with E-state index in [1.807, 2.05) is 31.5 Å². The van der Waals surface area contributed by atoms with Crippen LogP contribution in [0.1, 0.15) is 26.7 Å². The highest BCUT2D eigenvalue weighted by molar-refractivity contribution is 7.07. The Hall–Kier alpha value is -2.01. The summed E-state index contributed by atoms with van der Waals surface area (Å²) < 4.78 is 16.1. The molecule has 1 fully saturated rings. The molecule has 2 aliphatic carbocycles. The van der Waals surface area contributed by atoms with Crippen molar-refractivity contribution < 1.29 is 4.39 Å². The number of fused-ring (bicyclic) bond motifs is 2. The van der Waals surface area contributed by atoms with Gasteiger partial charge in [0.1, 0.15) is 5.82 Å². The van der Waals surface area contributed by atoms with Crippen LogP contribution in [0.25, 0.3) is 11.3 Å². The van der Waals surface area contributed by atoms with Gasteiger partial charge in [-0.25, -0.2) is 9.07 Å². The van der Waals surface area contributed by atoms with Crippen LogP contribution in [0.5, 0.6) is 0 Å². The molecule has 2 aromatic rings. The summed E-state index contributed by atoms with van der Waals surface area (Å²) in [7, 11) is 0. The molecule has 1 aromatic carbocycles. The fraction of sp³-hybridized carbons (Fsp3) is 0.400. The fourth-order valence-electron chi connectivity index (χ4n) is 3.72. The average molecular weight is 355 g/mol. The lowest BCUT2D eigenvalue weighted by Crippen LogP contribution is -2.16. The maximum atomic E-state index is 14.3. The summed E-state index contributed by atoms with van der Waals surface area (Å²) in [5.74, 6) is 1.56. The normalized spacial score (nSPS) is 25.8. The lowest BCUT2D eigenvalue weighted by Gasteiger charge is -2.12. The highest BCUT2D eigenvalue weighted by atomic mass is 32.1. The van der Waals surface area contributed by atoms with Crippen molar-refractivity contribution in [1.82, 2.24) is 4.68 Å². The van der Waals surface area contributed by atoms with Crippen LogP contribution in [0.15, 0.2) is 51.9 Å². The second kappa shape index (κ2) is 6.71. The predicted molar refractivity (Wildman–Crippen MR) is 101 cm³/mol. The Morgan fingerprint density at radius 2 is 2.08 bits per heavy atom. The molecule has 2 aliphatic rings. The van der Waals surface area contributed by atoms with Crippen LogP contribution in [0.3, 0.4) is 0 Å². The van der Waals surface area contributed by atoms with Gasteiger partial charge >= 0.3 is 0 Å². The minimum atomic E-state index is -0.233. The van der Waals surface area contributed by atoms with E-state index in [1.165, 1.54) is 30.2 Å². The van der Waals surface area contributed by atoms with Crippen molar-refractivity contribution in [3.8, 4) is 11.3 Å². The van der Waals surface area contributed by atoms with Gasteiger partial charge in [-0.3, -0.25) is 4.99 Å². The molecule has 1 heterocycles. The summed E-state index contributed by atoms with van der Waals surface area (Å²) in [6, 6.07) is 7.01. The molecule has 3 atom stereocenters. The van der Waals surface area contributed by atoms with E-state index in [4.69, 9.17) is 5.10 Å². The van der Waals surface area contributed by atoms with Crippen molar-refractivity contribution in [2.24, 2.45) is 27.8 Å². The number of nitrogens with zero attached hydrogens (tertiary/aromatic N) is 3. The number of rotatable bonds is 4. The van der Waals surface area contributed by atoms with E-state index in [0.29, 0.717) is 23.3 Å². The third kappa shape index (κ3) is 3.25. The van der Waals surface area contributed by atoms with E-state index in [9.17, 15) is 4.39 Å². The topological polar surface area (TPSA) is 29.6 Å². The molecule has 3 nitrogen and oxygen atoms in total. The Kier molecular flexibility index (Phi) is 4.42. The third-order valence-corrected chi connectivity index (χ3v) is 5.74. The first-order chi connectivity index (χ1) is 12.1. The molecular weight excluding hydrogens is 333 g/mol. The second-order valence-corrected chi connectivity index (χ2v) is 7.96. The van der Waals surface area contributed by atoms with Gasteiger partial charge in [0.05, 0.1) is 5.69 Å². The van der Waals surface area contributed by atoms with Crippen LogP contribution >= 0.6 is 11.3 Å². The van der Waals surface area contributed by atoms with Crippen LogP contribution in [0.2, 0.25) is 0 Å². The van der Waals surface area contributed by atoms with Gasteiger partial charge in [-0.1, -0.05) is 24.3 Å². The lowest BCUT2D eigenvalue weighted by atomic mass is 9.95. The number of aromatic nitrogens is 1. The van der Waals surface area contributed by atoms with Gasteiger partial charge in [0.25, 0.3) is 0 Å². The predicted octanol–water partition coefficient (Wildman–Crippen LogP) is 4.71. The zero-order valence-electron chi connectivity index (χ0n) is 14.5. The molecular formula is C20H22FN3S. The second-order valence-electron chi connectivity index (χ2n) is 7.13. The van der Waals surface area contributed by atoms with Gasteiger partial charge in [-0.05, 0) is 50.7 Å². The van der Waals surface area contributed by atoms with Crippen molar-refractivity contribution in [3.05, 3.63) is 52.4 Å². The van der Waals surface area contributed by atoms with Gasteiger partial charge in [0, 0.05) is 29.1 Å². The molecule has 25 heavy (non-hydrogen) atoms. The first kappa shape index (κ1) is 16.5. The summed E-state index contributed by atoms with van der Waals surface area (Å²) in [6.07, 6.45) is 9.11. The van der Waals surface area contributed by atoms with Gasteiger partial charge in [-0.15, -0.1) is 11.3 Å². The molecule has 3 unspecified atom stereocenters. The molecule has 0 radical (unpaired) electrons. The summed E-state index contributed by atoms with van der Waals surface area (Å²) in [5, 5.41) is 6.69. The van der Waals surface area contributed by atoms with Crippen LogP contribution in [0.4, 0.5) is 4.39 Å². The highest BCUT2D eigenvalue weighted by Gasteiger charge is 2.34. The largest absolute Gasteiger partial charge is 0.255 e. The standard InChI is InChI=1S/C20H22FN3S/c1-13(2)23-20-24(22-11-16-10-14-7-8-15(16)9-14)19(12-25-20)17-5-3-4-6-18(17)21/h3-8,11-16H,9-10H2,1-2H3. The first-order valence-electron chi connectivity index (χ1n) is 8.84. The van der Waals surface area contributed by atoms with Gasteiger partial charge < -0.3 is 0 Å². The molecule has 130 valence electrons. The minimum absolute atomic E-state index is 0.166. The summed E-state index contributed by atoms with van der Waals surface area (Å²) in [4.78, 5) is 5.47. The van der Waals surface area contributed by atoms with E-state index >= 15 is 0 Å². The Balaban J connectivity index is 1.75. The number of thiazole rings is 1. The molecule has 1 aromatic heterocycles. The van der Waals surface area contributed by atoms with Crippen LogP contribution in [-0.2, 0) is 0 Å². The lowest BCUT2D eigenvalue weighted by molar-refractivity contribution is 0.589. The Morgan fingerprint density at radius 1 is 1.24 bits per heavy atom. The van der Waals surface area contributed by atoms with Crippen LogP contribution in [-0.4, -0.2) is 16.9 Å². The highest BCUT2D eigenvalue weighted by Crippen LogP contribution is 2.42. The van der Waals surface area contributed by atoms with Gasteiger partial charge in [0.2, 0.25) is 4.80 Å². The quantitative estimate of drug-likeness (QED) is 0.561. The molecule has 2 bridgehead atoms. The molecule has 0 amide bonds. The van der Waals surface area contributed by atoms with E-state index in [2.05, 4.69) is 17.1 Å². The zero-order valence-corrected chi connectivity index (χ0v) is 15.3. The molecule has 0 spiro atoms. The monoisotopic (exact) mass is 355 g/mol. The van der Waals surface area contributed by atoms with Crippen LogP contribution in [0, 0.1) is 23.6 Å². The number of allylic oxidation sites excluding steroid dienone is 2. The van der Waals surface area contributed by atoms with E-state index < -0.39 is 0 Å². The number of hydrogen-bond acceptors (Lipinski definition) is 3. The number of benzene rings is 1. The Bertz CT molecular complexity index is 890. The van der Waals surface area contributed by atoms with Crippen molar-refractivity contribution in [2.75, 3.05) is 0 Å². The molecule has 0 N–H and O–H groups in total. The van der Waals surface area contributed by atoms with Crippen molar-refractivity contribution in [2.45, 2.75) is 32.7 Å². The molecule has 5 heteroatoms. The number of hydrogen-bond donors (Lipinski definition) is 0.